The molecule has 1 heterocycles. The van der Waals surface area contributed by atoms with Crippen LogP contribution in [0.5, 0.6) is 0 Å². The molecule has 10 heteroatoms. The van der Waals surface area contributed by atoms with E-state index in [2.05, 4.69) is 15.8 Å². The Morgan fingerprint density at radius 1 is 1.24 bits per heavy atom. The molecule has 0 radical (unpaired) electrons. The van der Waals surface area contributed by atoms with Crippen molar-refractivity contribution in [2.45, 2.75) is 32.9 Å². The van der Waals surface area contributed by atoms with E-state index in [1.54, 1.807) is 0 Å². The largest absolute Gasteiger partial charge is 0.445 e. The smallest absolute Gasteiger partial charge is 0.408 e. The standard InChI is InChI=1S/C19H22N4O5S/c1-13(2)10-16(21-19(25)28-12-14-6-4-3-5-7-14)18(24)22-20-11-15-8-9-17(29-15)23(26)27/h3-9,11,13,16H,10,12H2,1-2H3,(H,21,25)(H,22,24)/b20-11+. The summed E-state index contributed by atoms with van der Waals surface area (Å²) < 4.78 is 5.16. The fourth-order valence-corrected chi connectivity index (χ4v) is 3.05. The summed E-state index contributed by atoms with van der Waals surface area (Å²) in [6.45, 7) is 3.94. The number of nitrogens with one attached hydrogen (secondary N) is 2. The number of nitrogens with zero attached hydrogens (tertiary/aromatic N) is 2. The number of benzene rings is 1. The summed E-state index contributed by atoms with van der Waals surface area (Å²) in [5, 5.41) is 17.0. The molecule has 2 amide bonds. The van der Waals surface area contributed by atoms with Crippen molar-refractivity contribution in [1.82, 2.24) is 10.7 Å². The molecule has 1 aromatic heterocycles. The summed E-state index contributed by atoms with van der Waals surface area (Å²) in [5.74, 6) is -0.359. The van der Waals surface area contributed by atoms with Crippen molar-refractivity contribution in [3.63, 3.8) is 0 Å². The third-order valence-electron chi connectivity index (χ3n) is 3.69. The van der Waals surface area contributed by atoms with Crippen LogP contribution in [0.4, 0.5) is 9.80 Å². The minimum atomic E-state index is -0.826. The highest BCUT2D eigenvalue weighted by Gasteiger charge is 2.22. The molecule has 29 heavy (non-hydrogen) atoms. The second kappa shape index (κ2) is 10.9. The third kappa shape index (κ3) is 7.70. The lowest BCUT2D eigenvalue weighted by molar-refractivity contribution is -0.380. The zero-order valence-corrected chi connectivity index (χ0v) is 16.8. The Kier molecular flexibility index (Phi) is 8.28. The van der Waals surface area contributed by atoms with Crippen molar-refractivity contribution >= 4 is 34.6 Å². The van der Waals surface area contributed by atoms with E-state index < -0.39 is 23.0 Å². The van der Waals surface area contributed by atoms with Crippen molar-refractivity contribution in [2.24, 2.45) is 11.0 Å². The molecule has 1 aromatic carbocycles. The highest BCUT2D eigenvalue weighted by atomic mass is 32.1. The van der Waals surface area contributed by atoms with Crippen LogP contribution in [0.1, 0.15) is 30.7 Å². The van der Waals surface area contributed by atoms with Gasteiger partial charge in [-0.25, -0.2) is 10.2 Å². The van der Waals surface area contributed by atoms with Crippen LogP contribution >= 0.6 is 11.3 Å². The van der Waals surface area contributed by atoms with Crippen LogP contribution in [0.3, 0.4) is 0 Å². The molecule has 0 fully saturated rings. The SMILES string of the molecule is CC(C)CC(NC(=O)OCc1ccccc1)C(=O)N/N=C/c1ccc([N+](=O)[O-])s1. The Balaban J connectivity index is 1.89. The van der Waals surface area contributed by atoms with Gasteiger partial charge in [0.2, 0.25) is 0 Å². The lowest BCUT2D eigenvalue weighted by Gasteiger charge is -2.18. The molecule has 0 saturated heterocycles. The summed E-state index contributed by atoms with van der Waals surface area (Å²) in [6.07, 6.45) is 1.01. The number of rotatable bonds is 9. The Labute approximate surface area is 171 Å². The van der Waals surface area contributed by atoms with Gasteiger partial charge in [-0.3, -0.25) is 14.9 Å². The number of hydrogen-bond acceptors (Lipinski definition) is 7. The van der Waals surface area contributed by atoms with Crippen LogP contribution in [0.15, 0.2) is 47.6 Å². The van der Waals surface area contributed by atoms with Gasteiger partial charge in [0.25, 0.3) is 5.91 Å². The van der Waals surface area contributed by atoms with E-state index in [1.807, 2.05) is 44.2 Å². The summed E-state index contributed by atoms with van der Waals surface area (Å²) in [4.78, 5) is 35.2. The van der Waals surface area contributed by atoms with Crippen molar-refractivity contribution in [2.75, 3.05) is 0 Å². The first-order valence-electron chi connectivity index (χ1n) is 8.89. The first-order valence-corrected chi connectivity index (χ1v) is 9.71. The second-order valence-corrected chi connectivity index (χ2v) is 7.65. The van der Waals surface area contributed by atoms with E-state index in [9.17, 15) is 19.7 Å². The maximum absolute atomic E-state index is 12.4. The minimum absolute atomic E-state index is 0.0155. The van der Waals surface area contributed by atoms with Gasteiger partial charge in [0, 0.05) is 6.07 Å². The van der Waals surface area contributed by atoms with Gasteiger partial charge >= 0.3 is 11.1 Å². The number of ether oxygens (including phenoxy) is 1. The lowest BCUT2D eigenvalue weighted by Crippen LogP contribution is -2.46. The van der Waals surface area contributed by atoms with E-state index in [4.69, 9.17) is 4.74 Å². The molecule has 0 spiro atoms. The van der Waals surface area contributed by atoms with E-state index >= 15 is 0 Å². The summed E-state index contributed by atoms with van der Waals surface area (Å²) in [6, 6.07) is 11.3. The Bertz CT molecular complexity index is 866. The molecule has 2 aromatic rings. The van der Waals surface area contributed by atoms with E-state index in [0.717, 1.165) is 16.9 Å². The molecular weight excluding hydrogens is 396 g/mol. The Morgan fingerprint density at radius 2 is 1.97 bits per heavy atom. The first-order chi connectivity index (χ1) is 13.8. The number of hydrogen-bond donors (Lipinski definition) is 2. The average Bonchev–Trinajstić information content (AvgIpc) is 3.15. The van der Waals surface area contributed by atoms with Gasteiger partial charge in [-0.1, -0.05) is 55.5 Å². The van der Waals surface area contributed by atoms with Crippen LogP contribution in [-0.4, -0.2) is 29.2 Å². The van der Waals surface area contributed by atoms with Crippen molar-refractivity contribution in [3.8, 4) is 0 Å². The number of nitro groups is 1. The highest BCUT2D eigenvalue weighted by molar-refractivity contribution is 7.16. The summed E-state index contributed by atoms with van der Waals surface area (Å²) in [7, 11) is 0. The molecule has 2 rings (SSSR count). The number of carbonyl (C=O) groups is 2. The highest BCUT2D eigenvalue weighted by Crippen LogP contribution is 2.22. The fourth-order valence-electron chi connectivity index (χ4n) is 2.36. The predicted molar refractivity (Wildman–Crippen MR) is 110 cm³/mol. The van der Waals surface area contributed by atoms with E-state index in [-0.39, 0.29) is 17.5 Å². The molecular formula is C19H22N4O5S. The van der Waals surface area contributed by atoms with Crippen molar-refractivity contribution in [3.05, 3.63) is 63.0 Å². The number of amides is 2. The van der Waals surface area contributed by atoms with Gasteiger partial charge in [0.1, 0.15) is 12.6 Å². The number of thiophene rings is 1. The molecule has 2 N–H and O–H groups in total. The Morgan fingerprint density at radius 3 is 2.59 bits per heavy atom. The van der Waals surface area contributed by atoms with Gasteiger partial charge in [0.15, 0.2) is 0 Å². The van der Waals surface area contributed by atoms with E-state index in [1.165, 1.54) is 18.3 Å². The van der Waals surface area contributed by atoms with Gasteiger partial charge in [-0.2, -0.15) is 5.10 Å². The van der Waals surface area contributed by atoms with Crippen molar-refractivity contribution < 1.29 is 19.2 Å². The predicted octanol–water partition coefficient (Wildman–Crippen LogP) is 3.45. The minimum Gasteiger partial charge on any atom is -0.445 e. The quantitative estimate of drug-likeness (QED) is 0.367. The zero-order chi connectivity index (χ0) is 21.2. The summed E-state index contributed by atoms with van der Waals surface area (Å²) in [5.41, 5.74) is 3.19. The van der Waals surface area contributed by atoms with E-state index in [0.29, 0.717) is 11.3 Å². The molecule has 0 aliphatic carbocycles. The van der Waals surface area contributed by atoms with Crippen LogP contribution in [0.2, 0.25) is 0 Å². The maximum atomic E-state index is 12.4. The number of carbonyl (C=O) groups excluding carboxylic acids is 2. The molecule has 0 saturated carbocycles. The van der Waals surface area contributed by atoms with Gasteiger partial charge in [-0.05, 0) is 24.0 Å². The molecule has 154 valence electrons. The maximum Gasteiger partial charge on any atom is 0.408 e. The molecule has 9 nitrogen and oxygen atoms in total. The average molecular weight is 418 g/mol. The second-order valence-electron chi connectivity index (χ2n) is 6.56. The number of alkyl carbamates (subject to hydrolysis) is 1. The lowest BCUT2D eigenvalue weighted by atomic mass is 10.0. The normalized spacial score (nSPS) is 12.0. The van der Waals surface area contributed by atoms with Gasteiger partial charge in [-0.15, -0.1) is 0 Å². The van der Waals surface area contributed by atoms with Gasteiger partial charge < -0.3 is 10.1 Å². The monoisotopic (exact) mass is 418 g/mol. The molecule has 0 aliphatic rings. The van der Waals surface area contributed by atoms with Crippen LogP contribution in [0.25, 0.3) is 0 Å². The van der Waals surface area contributed by atoms with Crippen LogP contribution < -0.4 is 10.7 Å². The topological polar surface area (TPSA) is 123 Å². The molecule has 1 atom stereocenters. The Hall–Kier alpha value is -3.27. The van der Waals surface area contributed by atoms with Gasteiger partial charge in [0.05, 0.1) is 16.0 Å². The molecule has 1 unspecified atom stereocenters. The third-order valence-corrected chi connectivity index (χ3v) is 4.66. The zero-order valence-electron chi connectivity index (χ0n) is 16.0. The van der Waals surface area contributed by atoms with Crippen LogP contribution in [-0.2, 0) is 16.1 Å². The van der Waals surface area contributed by atoms with Crippen LogP contribution in [0, 0.1) is 16.0 Å². The summed E-state index contributed by atoms with van der Waals surface area (Å²) >= 11 is 0.937. The molecule has 0 bridgehead atoms. The number of hydrazone groups is 1. The first kappa shape index (κ1) is 22.0. The van der Waals surface area contributed by atoms with Crippen molar-refractivity contribution in [1.29, 1.82) is 0 Å². The fraction of sp³-hybridized carbons (Fsp3) is 0.316. The molecule has 0 aliphatic heterocycles.